The van der Waals surface area contributed by atoms with E-state index >= 15 is 0 Å². The molecule has 0 bridgehead atoms. The predicted octanol–water partition coefficient (Wildman–Crippen LogP) is 4.20. The van der Waals surface area contributed by atoms with Gasteiger partial charge in [-0.3, -0.25) is 0 Å². The van der Waals surface area contributed by atoms with Crippen molar-refractivity contribution in [3.05, 3.63) is 47.2 Å². The molecule has 0 spiro atoms. The van der Waals surface area contributed by atoms with Crippen molar-refractivity contribution >= 4 is 11.6 Å². The highest BCUT2D eigenvalue weighted by atomic mass is 35.5. The van der Waals surface area contributed by atoms with E-state index in [2.05, 4.69) is 11.3 Å². The van der Waals surface area contributed by atoms with Crippen LogP contribution in [0, 0.1) is 0 Å². The lowest BCUT2D eigenvalue weighted by atomic mass is 10.0. The number of benzene rings is 1. The van der Waals surface area contributed by atoms with Gasteiger partial charge >= 0.3 is 11.8 Å². The van der Waals surface area contributed by atoms with Gasteiger partial charge in [0.25, 0.3) is 0 Å². The van der Waals surface area contributed by atoms with Gasteiger partial charge in [0.1, 0.15) is 0 Å². The number of allylic oxidation sites excluding steroid dienone is 1. The highest BCUT2D eigenvalue weighted by Crippen LogP contribution is 2.55. The fourth-order valence-corrected chi connectivity index (χ4v) is 1.79. The maximum atomic E-state index is 13.5. The van der Waals surface area contributed by atoms with Gasteiger partial charge in [0.15, 0.2) is 11.9 Å². The summed E-state index contributed by atoms with van der Waals surface area (Å²) in [4.78, 5) is 0. The zero-order valence-electron chi connectivity index (χ0n) is 8.39. The monoisotopic (exact) mass is 266 g/mol. The van der Waals surface area contributed by atoms with Crippen molar-refractivity contribution in [2.45, 2.75) is 17.9 Å². The summed E-state index contributed by atoms with van der Waals surface area (Å²) >= 11 is 5.61. The van der Waals surface area contributed by atoms with Crippen LogP contribution in [-0.4, -0.2) is 11.8 Å². The molecule has 17 heavy (non-hydrogen) atoms. The number of ether oxygens (including phenoxy) is 1. The number of alkyl halides is 4. The Morgan fingerprint density at radius 3 is 2.35 bits per heavy atom. The Hall–Kier alpha value is -1.23. The molecule has 1 nitrogen and oxygen atoms in total. The summed E-state index contributed by atoms with van der Waals surface area (Å²) < 4.78 is 57.7. The van der Waals surface area contributed by atoms with E-state index in [0.717, 1.165) is 6.07 Å². The third-order valence-electron chi connectivity index (χ3n) is 2.51. The number of hydrogen-bond donors (Lipinski definition) is 0. The smallest absolute Gasteiger partial charge is 0.369 e. The van der Waals surface area contributed by atoms with E-state index in [1.165, 1.54) is 18.2 Å². The second-order valence-electron chi connectivity index (χ2n) is 3.67. The molecular weight excluding hydrogens is 260 g/mol. The van der Waals surface area contributed by atoms with Crippen LogP contribution in [0.15, 0.2) is 36.6 Å². The van der Waals surface area contributed by atoms with Crippen LogP contribution >= 0.6 is 11.6 Å². The number of hydrogen-bond acceptors (Lipinski definition) is 1. The first kappa shape index (κ1) is 12.2. The summed E-state index contributed by atoms with van der Waals surface area (Å²) in [5.41, 5.74) is -0.110. The van der Waals surface area contributed by atoms with E-state index < -0.39 is 23.7 Å². The van der Waals surface area contributed by atoms with E-state index in [0.29, 0.717) is 0 Å². The summed E-state index contributed by atoms with van der Waals surface area (Å²) in [6.45, 7) is 2.82. The van der Waals surface area contributed by atoms with Crippen molar-refractivity contribution in [3.8, 4) is 0 Å². The second-order valence-corrected chi connectivity index (χ2v) is 4.11. The van der Waals surface area contributed by atoms with E-state index in [1.807, 2.05) is 0 Å². The summed E-state index contributed by atoms with van der Waals surface area (Å²) in [7, 11) is 0. The van der Waals surface area contributed by atoms with Crippen LogP contribution in [-0.2, 0) is 4.74 Å². The first-order valence-electron chi connectivity index (χ1n) is 4.64. The van der Waals surface area contributed by atoms with Crippen LogP contribution in [0.1, 0.15) is 11.7 Å². The summed E-state index contributed by atoms with van der Waals surface area (Å²) in [5.74, 6) is -9.94. The third kappa shape index (κ3) is 1.69. The second kappa shape index (κ2) is 3.63. The average Bonchev–Trinajstić information content (AvgIpc) is 2.39. The fraction of sp³-hybridized carbons (Fsp3) is 0.273. The standard InChI is InChI=1S/C11H7ClF4O/c1-6-10(13,14)11(15,16)9(17-6)7-3-2-4-8(12)5-7/h2-5,9H,1H2. The molecule has 0 amide bonds. The highest BCUT2D eigenvalue weighted by Gasteiger charge is 2.70. The van der Waals surface area contributed by atoms with Crippen LogP contribution in [0.4, 0.5) is 17.6 Å². The maximum absolute atomic E-state index is 13.5. The van der Waals surface area contributed by atoms with Crippen molar-refractivity contribution in [2.75, 3.05) is 0 Å². The molecule has 0 saturated carbocycles. The van der Waals surface area contributed by atoms with Gasteiger partial charge in [-0.1, -0.05) is 30.3 Å². The fourth-order valence-electron chi connectivity index (χ4n) is 1.59. The van der Waals surface area contributed by atoms with Crippen molar-refractivity contribution in [1.29, 1.82) is 0 Å². The van der Waals surface area contributed by atoms with Crippen molar-refractivity contribution in [2.24, 2.45) is 0 Å². The van der Waals surface area contributed by atoms with Gasteiger partial charge in [-0.2, -0.15) is 17.6 Å². The van der Waals surface area contributed by atoms with Crippen LogP contribution in [0.5, 0.6) is 0 Å². The van der Waals surface area contributed by atoms with Gasteiger partial charge in [0, 0.05) is 10.6 Å². The molecule has 1 aliphatic rings. The minimum atomic E-state index is -4.38. The van der Waals surface area contributed by atoms with E-state index in [1.54, 1.807) is 0 Å². The molecule has 0 N–H and O–H groups in total. The summed E-state index contributed by atoms with van der Waals surface area (Å²) in [6, 6.07) is 5.25. The zero-order valence-corrected chi connectivity index (χ0v) is 9.15. The van der Waals surface area contributed by atoms with Crippen LogP contribution in [0.3, 0.4) is 0 Å². The average molecular weight is 267 g/mol. The molecule has 1 unspecified atom stereocenters. The Bertz CT molecular complexity index is 472. The van der Waals surface area contributed by atoms with Gasteiger partial charge < -0.3 is 4.74 Å². The lowest BCUT2D eigenvalue weighted by Gasteiger charge is -2.20. The molecular formula is C11H7ClF4O. The van der Waals surface area contributed by atoms with Gasteiger partial charge in [-0.15, -0.1) is 0 Å². The first-order valence-corrected chi connectivity index (χ1v) is 5.01. The quantitative estimate of drug-likeness (QED) is 0.693. The van der Waals surface area contributed by atoms with E-state index in [4.69, 9.17) is 11.6 Å². The van der Waals surface area contributed by atoms with Gasteiger partial charge in [-0.05, 0) is 12.1 Å². The molecule has 1 aromatic carbocycles. The van der Waals surface area contributed by atoms with Gasteiger partial charge in [-0.25, -0.2) is 0 Å². The maximum Gasteiger partial charge on any atom is 0.369 e. The molecule has 1 aromatic rings. The Labute approximate surface area is 99.6 Å². The Morgan fingerprint density at radius 2 is 1.88 bits per heavy atom. The van der Waals surface area contributed by atoms with Crippen molar-refractivity contribution in [1.82, 2.24) is 0 Å². The summed E-state index contributed by atoms with van der Waals surface area (Å²) in [6.07, 6.45) is -2.07. The van der Waals surface area contributed by atoms with Crippen molar-refractivity contribution < 1.29 is 22.3 Å². The molecule has 1 saturated heterocycles. The molecule has 1 aliphatic heterocycles. The zero-order chi connectivity index (χ0) is 12.8. The largest absolute Gasteiger partial charge is 0.477 e. The Kier molecular flexibility index (Phi) is 2.61. The molecule has 1 fully saturated rings. The van der Waals surface area contributed by atoms with Crippen LogP contribution in [0.25, 0.3) is 0 Å². The predicted molar refractivity (Wildman–Crippen MR) is 54.3 cm³/mol. The van der Waals surface area contributed by atoms with Crippen LogP contribution in [0.2, 0.25) is 5.02 Å². The molecule has 0 aliphatic carbocycles. The SMILES string of the molecule is C=C1OC(c2cccc(Cl)c2)C(F)(F)C1(F)F. The Balaban J connectivity index is 2.45. The lowest BCUT2D eigenvalue weighted by Crippen LogP contribution is -2.39. The molecule has 0 aromatic heterocycles. The highest BCUT2D eigenvalue weighted by molar-refractivity contribution is 6.30. The molecule has 1 heterocycles. The van der Waals surface area contributed by atoms with E-state index in [-0.39, 0.29) is 10.6 Å². The topological polar surface area (TPSA) is 9.23 Å². The van der Waals surface area contributed by atoms with E-state index in [9.17, 15) is 17.6 Å². The van der Waals surface area contributed by atoms with Crippen molar-refractivity contribution in [3.63, 3.8) is 0 Å². The normalized spacial score (nSPS) is 25.7. The van der Waals surface area contributed by atoms with Gasteiger partial charge in [0.2, 0.25) is 0 Å². The summed E-state index contributed by atoms with van der Waals surface area (Å²) in [5, 5.41) is 0.169. The first-order chi connectivity index (χ1) is 7.76. The minimum absolute atomic E-state index is 0.110. The molecule has 1 atom stereocenters. The van der Waals surface area contributed by atoms with Crippen LogP contribution < -0.4 is 0 Å². The molecule has 92 valence electrons. The lowest BCUT2D eigenvalue weighted by molar-refractivity contribution is -0.184. The third-order valence-corrected chi connectivity index (χ3v) is 2.74. The van der Waals surface area contributed by atoms with Gasteiger partial charge in [0.05, 0.1) is 0 Å². The minimum Gasteiger partial charge on any atom is -0.477 e. The Morgan fingerprint density at radius 1 is 1.24 bits per heavy atom. The number of halogens is 5. The molecule has 0 radical (unpaired) electrons. The molecule has 6 heteroatoms. The number of rotatable bonds is 1. The molecule has 2 rings (SSSR count).